The monoisotopic (exact) mass is 232 g/mol. The molecule has 0 aliphatic heterocycles. The Balaban J connectivity index is 4.30. The van der Waals surface area contributed by atoms with Crippen molar-refractivity contribution < 1.29 is 19.4 Å². The summed E-state index contributed by atoms with van der Waals surface area (Å²) in [6, 6.07) is -0.894. The Morgan fingerprint density at radius 3 is 2.12 bits per heavy atom. The van der Waals surface area contributed by atoms with Gasteiger partial charge in [-0.25, -0.2) is 9.59 Å². The van der Waals surface area contributed by atoms with Crippen molar-refractivity contribution in [2.24, 2.45) is 5.92 Å². The maximum atomic E-state index is 11.4. The molecule has 0 aliphatic carbocycles. The van der Waals surface area contributed by atoms with Crippen molar-refractivity contribution in [2.75, 3.05) is 0 Å². The van der Waals surface area contributed by atoms with Crippen molar-refractivity contribution in [3.63, 3.8) is 0 Å². The van der Waals surface area contributed by atoms with Crippen LogP contribution in [0.2, 0.25) is 0 Å². The van der Waals surface area contributed by atoms with Crippen LogP contribution in [0.4, 0.5) is 4.79 Å². The molecule has 0 heterocycles. The molecule has 0 aromatic heterocycles. The topological polar surface area (TPSA) is 75.6 Å². The van der Waals surface area contributed by atoms with Crippen LogP contribution in [0.25, 0.3) is 0 Å². The quantitative estimate of drug-likeness (QED) is 0.727. The molecule has 0 aromatic carbocycles. The van der Waals surface area contributed by atoms with Crippen LogP contribution in [0.5, 0.6) is 0 Å². The standard InChI is InChI=1S/C11H21NO4/c1-7(2)6-8(9(13)14)12-10(15)16-11(3,4)5/h7-8H,6H2,1-5H3,(H,12,15)(H,13,14)/t8-/m1/s1/i12+1. The van der Waals surface area contributed by atoms with Crippen LogP contribution in [0.3, 0.4) is 0 Å². The summed E-state index contributed by atoms with van der Waals surface area (Å²) in [6.07, 6.45) is -0.310. The number of carboxylic acids is 1. The van der Waals surface area contributed by atoms with E-state index in [1.165, 1.54) is 0 Å². The van der Waals surface area contributed by atoms with Gasteiger partial charge in [0.1, 0.15) is 11.6 Å². The van der Waals surface area contributed by atoms with E-state index in [1.807, 2.05) is 13.8 Å². The molecule has 0 saturated heterocycles. The molecule has 1 atom stereocenters. The van der Waals surface area contributed by atoms with Crippen LogP contribution in [-0.4, -0.2) is 28.8 Å². The van der Waals surface area contributed by atoms with Crippen LogP contribution in [0.1, 0.15) is 41.0 Å². The molecule has 94 valence electrons. The third-order valence-corrected chi connectivity index (χ3v) is 1.70. The number of carbonyl (C=O) groups excluding carboxylic acids is 1. The lowest BCUT2D eigenvalue weighted by Gasteiger charge is -2.22. The predicted molar refractivity (Wildman–Crippen MR) is 60.2 cm³/mol. The van der Waals surface area contributed by atoms with E-state index in [2.05, 4.69) is 5.32 Å². The van der Waals surface area contributed by atoms with Gasteiger partial charge in [-0.2, -0.15) is 0 Å². The summed E-state index contributed by atoms with van der Waals surface area (Å²) in [5, 5.41) is 11.2. The minimum atomic E-state index is -1.04. The van der Waals surface area contributed by atoms with Crippen LogP contribution in [0.15, 0.2) is 0 Å². The summed E-state index contributed by atoms with van der Waals surface area (Å²) >= 11 is 0. The van der Waals surface area contributed by atoms with Crippen LogP contribution < -0.4 is 5.32 Å². The second-order valence-corrected chi connectivity index (χ2v) is 5.17. The van der Waals surface area contributed by atoms with E-state index in [0.717, 1.165) is 0 Å². The van der Waals surface area contributed by atoms with Gasteiger partial charge in [-0.1, -0.05) is 13.8 Å². The Kier molecular flexibility index (Phi) is 5.27. The number of carbonyl (C=O) groups is 2. The Bertz CT molecular complexity index is 255. The SMILES string of the molecule is CC(C)C[C@@H]([15NH]C(=O)OC(C)(C)C)C(=O)O. The van der Waals surface area contributed by atoms with Gasteiger partial charge in [-0.15, -0.1) is 0 Å². The number of nitrogens with one attached hydrogen (secondary N) is 1. The number of aliphatic carboxylic acids is 1. The lowest BCUT2D eigenvalue weighted by Crippen LogP contribution is -2.44. The summed E-state index contributed by atoms with van der Waals surface area (Å²) in [4.78, 5) is 22.2. The fourth-order valence-corrected chi connectivity index (χ4v) is 1.14. The highest BCUT2D eigenvalue weighted by atomic mass is 16.6. The minimum absolute atomic E-state index is 0.191. The van der Waals surface area contributed by atoms with Gasteiger partial charge in [0.05, 0.1) is 0 Å². The van der Waals surface area contributed by atoms with E-state index in [-0.39, 0.29) is 5.92 Å². The van der Waals surface area contributed by atoms with Crippen molar-refractivity contribution in [3.8, 4) is 0 Å². The molecule has 0 rings (SSSR count). The van der Waals surface area contributed by atoms with Gasteiger partial charge in [-0.05, 0) is 33.1 Å². The largest absolute Gasteiger partial charge is 0.480 e. The van der Waals surface area contributed by atoms with Crippen LogP contribution >= 0.6 is 0 Å². The van der Waals surface area contributed by atoms with Crippen LogP contribution in [0, 0.1) is 5.92 Å². The lowest BCUT2D eigenvalue weighted by molar-refractivity contribution is -0.139. The molecule has 16 heavy (non-hydrogen) atoms. The number of rotatable bonds is 4. The van der Waals surface area contributed by atoms with E-state index < -0.39 is 23.7 Å². The zero-order valence-corrected chi connectivity index (χ0v) is 10.5. The fraction of sp³-hybridized carbons (Fsp3) is 0.818. The molecule has 5 heteroatoms. The molecule has 5 nitrogen and oxygen atoms in total. The summed E-state index contributed by atoms with van der Waals surface area (Å²) in [7, 11) is 0. The molecular weight excluding hydrogens is 211 g/mol. The normalized spacial score (nSPS) is 13.4. The Hall–Kier alpha value is -1.26. The predicted octanol–water partition coefficient (Wildman–Crippen LogP) is 2.01. The van der Waals surface area contributed by atoms with Crippen molar-refractivity contribution in [2.45, 2.75) is 52.7 Å². The second kappa shape index (κ2) is 5.72. The average molecular weight is 232 g/mol. The molecule has 0 aromatic rings. The van der Waals surface area contributed by atoms with E-state index in [0.29, 0.717) is 6.42 Å². The first-order valence-electron chi connectivity index (χ1n) is 5.34. The first kappa shape index (κ1) is 14.7. The minimum Gasteiger partial charge on any atom is -0.480 e. The fourth-order valence-electron chi connectivity index (χ4n) is 1.14. The third-order valence-electron chi connectivity index (χ3n) is 1.70. The number of amides is 1. The first-order valence-corrected chi connectivity index (χ1v) is 5.34. The molecule has 0 radical (unpaired) electrons. The van der Waals surface area contributed by atoms with Crippen molar-refractivity contribution in [3.05, 3.63) is 0 Å². The molecule has 0 fully saturated rings. The molecule has 0 unspecified atom stereocenters. The van der Waals surface area contributed by atoms with Crippen LogP contribution in [-0.2, 0) is 9.53 Å². The zero-order valence-electron chi connectivity index (χ0n) is 10.5. The van der Waals surface area contributed by atoms with Crippen molar-refractivity contribution in [1.82, 2.24) is 5.32 Å². The van der Waals surface area contributed by atoms with E-state index >= 15 is 0 Å². The Labute approximate surface area is 96.2 Å². The van der Waals surface area contributed by atoms with Gasteiger partial charge in [0.2, 0.25) is 0 Å². The molecule has 2 N–H and O–H groups in total. The maximum Gasteiger partial charge on any atom is 0.408 e. The molecule has 0 saturated carbocycles. The second-order valence-electron chi connectivity index (χ2n) is 5.17. The third kappa shape index (κ3) is 7.09. The smallest absolute Gasteiger partial charge is 0.408 e. The number of hydrogen-bond donors (Lipinski definition) is 2. The maximum absolute atomic E-state index is 11.4. The van der Waals surface area contributed by atoms with Crippen molar-refractivity contribution >= 4 is 12.1 Å². The lowest BCUT2D eigenvalue weighted by atomic mass is 10.1. The van der Waals surface area contributed by atoms with E-state index in [4.69, 9.17) is 9.84 Å². The highest BCUT2D eigenvalue weighted by Gasteiger charge is 2.24. The summed E-state index contributed by atoms with van der Waals surface area (Å²) in [5.74, 6) is -0.851. The first-order chi connectivity index (χ1) is 7.11. The molecular formula is C11H21NO4. The van der Waals surface area contributed by atoms with Gasteiger partial charge >= 0.3 is 12.1 Å². The Morgan fingerprint density at radius 1 is 1.31 bits per heavy atom. The van der Waals surface area contributed by atoms with Gasteiger partial charge in [0.15, 0.2) is 0 Å². The highest BCUT2D eigenvalue weighted by molar-refractivity contribution is 5.79. The molecule has 0 aliphatic rings. The molecule has 1 amide bonds. The van der Waals surface area contributed by atoms with Gasteiger partial charge < -0.3 is 15.2 Å². The molecule has 0 bridgehead atoms. The number of alkyl carbamates (subject to hydrolysis) is 1. The Morgan fingerprint density at radius 2 is 1.81 bits per heavy atom. The van der Waals surface area contributed by atoms with Gasteiger partial charge in [-0.3, -0.25) is 0 Å². The summed E-state index contributed by atoms with van der Waals surface area (Å²) < 4.78 is 4.99. The average Bonchev–Trinajstić information content (AvgIpc) is 1.97. The zero-order chi connectivity index (χ0) is 12.9. The van der Waals surface area contributed by atoms with Gasteiger partial charge in [0.25, 0.3) is 0 Å². The molecule has 0 spiro atoms. The number of carboxylic acid groups (broad SMARTS) is 1. The number of hydrogen-bond acceptors (Lipinski definition) is 3. The van der Waals surface area contributed by atoms with E-state index in [9.17, 15) is 9.59 Å². The van der Waals surface area contributed by atoms with Crippen molar-refractivity contribution in [1.29, 1.82) is 0 Å². The number of ether oxygens (including phenoxy) is 1. The summed E-state index contributed by atoms with van der Waals surface area (Å²) in [6.45, 7) is 8.97. The van der Waals surface area contributed by atoms with E-state index in [1.54, 1.807) is 20.8 Å². The summed E-state index contributed by atoms with van der Waals surface area (Å²) in [5.41, 5.74) is -0.620. The van der Waals surface area contributed by atoms with Gasteiger partial charge in [0, 0.05) is 0 Å². The highest BCUT2D eigenvalue weighted by Crippen LogP contribution is 2.09.